The molecule has 4 aliphatic rings. The van der Waals surface area contributed by atoms with Crippen LogP contribution in [0.5, 0.6) is 0 Å². The van der Waals surface area contributed by atoms with Crippen molar-refractivity contribution in [1.29, 1.82) is 0 Å². The average molecular weight is 497 g/mol. The molecule has 8 atom stereocenters. The van der Waals surface area contributed by atoms with Gasteiger partial charge in [0.1, 0.15) is 0 Å². The van der Waals surface area contributed by atoms with Crippen molar-refractivity contribution in [2.24, 2.45) is 35.5 Å². The van der Waals surface area contributed by atoms with Crippen molar-refractivity contribution in [2.45, 2.75) is 69.4 Å². The van der Waals surface area contributed by atoms with Crippen LogP contribution in [0.2, 0.25) is 18.8 Å². The first-order chi connectivity index (χ1) is 13.1. The molecule has 28 heavy (non-hydrogen) atoms. The number of fused-ring (bicyclic) bond motifs is 4. The molecule has 4 aliphatic carbocycles. The first kappa shape index (κ1) is 19.8. The number of benzene rings is 1. The fraction of sp³-hybridized carbons (Fsp3) is 0.750. The number of alkyl halides is 3. The molecule has 4 saturated carbocycles. The number of halogens is 3. The summed E-state index contributed by atoms with van der Waals surface area (Å²) in [4.78, 5) is 7.83. The van der Waals surface area contributed by atoms with Crippen molar-refractivity contribution in [3.8, 4) is 0 Å². The van der Waals surface area contributed by atoms with Crippen molar-refractivity contribution >= 4 is 18.4 Å². The number of rotatable bonds is 3. The van der Waals surface area contributed by atoms with Crippen LogP contribution in [-0.4, -0.2) is 18.4 Å². The van der Waals surface area contributed by atoms with E-state index in [0.29, 0.717) is 17.8 Å². The third kappa shape index (κ3) is 3.08. The number of hydrogen-bond acceptors (Lipinski definition) is 0. The maximum atomic E-state index is 13.4. The van der Waals surface area contributed by atoms with Crippen LogP contribution in [0, 0.1) is 35.5 Å². The summed E-state index contributed by atoms with van der Waals surface area (Å²) in [5.41, 5.74) is 0.545. The average Bonchev–Trinajstić information content (AvgIpc) is 3.38. The molecule has 0 spiro atoms. The molecule has 1 aromatic carbocycles. The van der Waals surface area contributed by atoms with Crippen LogP contribution in [0.25, 0.3) is 0 Å². The van der Waals surface area contributed by atoms with Crippen molar-refractivity contribution in [1.82, 2.24) is 0 Å². The van der Waals surface area contributed by atoms with Gasteiger partial charge in [0.25, 0.3) is 0 Å². The van der Waals surface area contributed by atoms with Gasteiger partial charge in [0.15, 0.2) is 0 Å². The minimum atomic E-state index is -4.24. The van der Waals surface area contributed by atoms with Crippen molar-refractivity contribution < 1.29 is 13.2 Å². The molecule has 154 valence electrons. The minimum absolute atomic E-state index is 0.376. The van der Waals surface area contributed by atoms with Crippen LogP contribution >= 0.6 is 0 Å². The number of hydrogen-bond donors (Lipinski definition) is 0. The van der Waals surface area contributed by atoms with Crippen molar-refractivity contribution in [3.05, 3.63) is 35.4 Å². The second-order valence-corrected chi connectivity index (χ2v) is 26.8. The molecule has 4 fully saturated rings. The Morgan fingerprint density at radius 3 is 2.11 bits per heavy atom. The predicted octanol–water partition coefficient (Wildman–Crippen LogP) is 7.59. The molecule has 0 heterocycles. The summed E-state index contributed by atoms with van der Waals surface area (Å²) in [6.07, 6.45) is 3.82. The van der Waals surface area contributed by atoms with Gasteiger partial charge in [0.2, 0.25) is 0 Å². The Morgan fingerprint density at radius 1 is 0.821 bits per heavy atom. The Balaban J connectivity index is 1.54. The molecule has 1 aromatic rings. The Labute approximate surface area is 171 Å². The molecule has 0 radical (unpaired) electrons. The van der Waals surface area contributed by atoms with E-state index in [2.05, 4.69) is 14.8 Å². The van der Waals surface area contributed by atoms with Crippen LogP contribution in [0.15, 0.2) is 24.3 Å². The molecule has 0 nitrogen and oxygen atoms in total. The summed E-state index contributed by atoms with van der Waals surface area (Å²) < 4.78 is 41.1. The second-order valence-electron chi connectivity index (χ2n) is 11.4. The SMILES string of the molecule is [CH3][Sn]([CH3])([CH3])[C@H]1[C@@H]2CC[C@@H](C2)[C@H]1[C@@H]1[C@H]2CC[C@H](C2)[C@@H]1c1cccc(C(F)(F)F)c1. The van der Waals surface area contributed by atoms with E-state index in [-0.39, 0.29) is 0 Å². The van der Waals surface area contributed by atoms with Gasteiger partial charge in [-0.1, -0.05) is 0 Å². The van der Waals surface area contributed by atoms with Gasteiger partial charge in [-0.05, 0) is 0 Å². The quantitative estimate of drug-likeness (QED) is 0.378. The van der Waals surface area contributed by atoms with E-state index in [4.69, 9.17) is 0 Å². The molecule has 4 bridgehead atoms. The van der Waals surface area contributed by atoms with Gasteiger partial charge in [-0.2, -0.15) is 0 Å². The van der Waals surface area contributed by atoms with Crippen LogP contribution in [0.3, 0.4) is 0 Å². The van der Waals surface area contributed by atoms with Gasteiger partial charge in [-0.25, -0.2) is 0 Å². The summed E-state index contributed by atoms with van der Waals surface area (Å²) >= 11 is -2.10. The van der Waals surface area contributed by atoms with Crippen LogP contribution < -0.4 is 0 Å². The normalized spacial score (nSPS) is 42.5. The van der Waals surface area contributed by atoms with E-state index in [1.54, 1.807) is 6.07 Å². The fourth-order valence-corrected chi connectivity index (χ4v) is 18.1. The standard InChI is InChI=1S/C21H24F3.3CH3.Sn/c22-21(23,24)17-3-1-2-14(11-17)19-15-6-7-16(10-15)20(19)18-9-12-4-5-13(18)8-12;;;;/h1-3,9,11-13,15-16,18-20H,4-8,10H2;3*1H3;/t12-,13+,15-,16+,18+,19+,20+;;;;/m1..../s1. The van der Waals surface area contributed by atoms with Crippen LogP contribution in [-0.2, 0) is 6.18 Å². The zero-order valence-corrected chi connectivity index (χ0v) is 20.2. The summed E-state index contributed by atoms with van der Waals surface area (Å²) in [5.74, 6) is 5.03. The van der Waals surface area contributed by atoms with Gasteiger partial charge in [0, 0.05) is 0 Å². The third-order valence-corrected chi connectivity index (χ3v) is 17.2. The Kier molecular flexibility index (Phi) is 4.69. The Bertz CT molecular complexity index is 749. The van der Waals surface area contributed by atoms with E-state index < -0.39 is 30.1 Å². The van der Waals surface area contributed by atoms with Crippen LogP contribution in [0.1, 0.15) is 55.6 Å². The molecule has 4 heteroatoms. The first-order valence-electron chi connectivity index (χ1n) is 11.3. The third-order valence-electron chi connectivity index (χ3n) is 9.00. The van der Waals surface area contributed by atoms with Crippen molar-refractivity contribution in [3.63, 3.8) is 0 Å². The summed E-state index contributed by atoms with van der Waals surface area (Å²) in [6.45, 7) is 0. The van der Waals surface area contributed by atoms with E-state index in [1.165, 1.54) is 50.7 Å². The molecular weight excluding hydrogens is 464 g/mol. The predicted molar refractivity (Wildman–Crippen MR) is 110 cm³/mol. The zero-order valence-electron chi connectivity index (χ0n) is 17.3. The summed E-state index contributed by atoms with van der Waals surface area (Å²) in [6, 6.07) is 6.41. The first-order valence-corrected chi connectivity index (χ1v) is 21.5. The van der Waals surface area contributed by atoms with Gasteiger partial charge in [-0.3, -0.25) is 0 Å². The van der Waals surface area contributed by atoms with Crippen LogP contribution in [0.4, 0.5) is 13.2 Å². The van der Waals surface area contributed by atoms with E-state index in [0.717, 1.165) is 33.2 Å². The molecule has 0 N–H and O–H groups in total. The molecule has 0 saturated heterocycles. The Hall–Kier alpha value is -0.191. The van der Waals surface area contributed by atoms with Crippen molar-refractivity contribution in [2.75, 3.05) is 0 Å². The molecule has 0 aliphatic heterocycles. The Morgan fingerprint density at radius 2 is 1.43 bits per heavy atom. The van der Waals surface area contributed by atoms with Gasteiger partial charge in [-0.15, -0.1) is 0 Å². The van der Waals surface area contributed by atoms with Gasteiger partial charge >= 0.3 is 172 Å². The van der Waals surface area contributed by atoms with E-state index in [1.807, 2.05) is 6.07 Å². The van der Waals surface area contributed by atoms with E-state index in [9.17, 15) is 13.2 Å². The monoisotopic (exact) mass is 498 g/mol. The van der Waals surface area contributed by atoms with Gasteiger partial charge < -0.3 is 0 Å². The zero-order chi connectivity index (χ0) is 19.8. The topological polar surface area (TPSA) is 0 Å². The summed E-state index contributed by atoms with van der Waals surface area (Å²) in [7, 11) is 0. The van der Waals surface area contributed by atoms with Gasteiger partial charge in [0.05, 0.1) is 0 Å². The molecule has 0 unspecified atom stereocenters. The van der Waals surface area contributed by atoms with E-state index >= 15 is 0 Å². The molecule has 0 amide bonds. The molecule has 0 aromatic heterocycles. The fourth-order valence-electron chi connectivity index (χ4n) is 8.48. The maximum absolute atomic E-state index is 13.4. The molecular formula is C24H33F3Sn. The molecule has 5 rings (SSSR count). The second kappa shape index (κ2) is 6.65. The summed E-state index contributed by atoms with van der Waals surface area (Å²) in [5, 5.41) is 0.